The van der Waals surface area contributed by atoms with Gasteiger partial charge in [-0.2, -0.15) is 5.10 Å². The molecule has 0 saturated carbocycles. The molecule has 5 heteroatoms. The number of esters is 1. The van der Waals surface area contributed by atoms with Gasteiger partial charge in [0.1, 0.15) is 11.7 Å². The van der Waals surface area contributed by atoms with Gasteiger partial charge in [0.25, 0.3) is 0 Å². The van der Waals surface area contributed by atoms with Gasteiger partial charge in [-0.3, -0.25) is 9.48 Å². The van der Waals surface area contributed by atoms with Crippen LogP contribution in [0.25, 0.3) is 0 Å². The highest BCUT2D eigenvalue weighted by Gasteiger charge is 2.29. The first-order chi connectivity index (χ1) is 10.2. The van der Waals surface area contributed by atoms with Crippen molar-refractivity contribution in [1.82, 2.24) is 14.8 Å². The predicted octanol–water partition coefficient (Wildman–Crippen LogP) is 2.46. The lowest BCUT2D eigenvalue weighted by molar-refractivity contribution is -0.144. The molecule has 0 aliphatic carbocycles. The number of aryl methyl sites for hydroxylation is 2. The fraction of sp³-hybridized carbons (Fsp3) is 0.438. The molecule has 21 heavy (non-hydrogen) atoms. The van der Waals surface area contributed by atoms with E-state index in [1.54, 1.807) is 11.6 Å². The average Bonchev–Trinajstić information content (AvgIpc) is 2.82. The standard InChI is InChI=1S/C16H21N3O2/c1-4-9-13-17-15(19(3)18-13)14(16(20)21-5-2)12-10-7-6-8-11-12/h6-8,10-11,14H,4-5,9H2,1-3H3. The van der Waals surface area contributed by atoms with Gasteiger partial charge in [0, 0.05) is 13.5 Å². The van der Waals surface area contributed by atoms with E-state index in [0.717, 1.165) is 24.2 Å². The van der Waals surface area contributed by atoms with Crippen LogP contribution in [0.1, 0.15) is 43.4 Å². The topological polar surface area (TPSA) is 57.0 Å². The van der Waals surface area contributed by atoms with Gasteiger partial charge in [-0.1, -0.05) is 37.3 Å². The average molecular weight is 287 g/mol. The minimum atomic E-state index is -0.533. The second kappa shape index (κ2) is 7.02. The summed E-state index contributed by atoms with van der Waals surface area (Å²) in [6.07, 6.45) is 1.77. The zero-order valence-electron chi connectivity index (χ0n) is 12.7. The van der Waals surface area contributed by atoms with Crippen molar-refractivity contribution in [2.45, 2.75) is 32.6 Å². The van der Waals surface area contributed by atoms with Crippen molar-refractivity contribution in [1.29, 1.82) is 0 Å². The van der Waals surface area contributed by atoms with Crippen LogP contribution in [0.4, 0.5) is 0 Å². The molecule has 1 aromatic heterocycles. The summed E-state index contributed by atoms with van der Waals surface area (Å²) in [5, 5.41) is 4.39. The number of ether oxygens (including phenoxy) is 1. The van der Waals surface area contributed by atoms with E-state index in [4.69, 9.17) is 4.74 Å². The van der Waals surface area contributed by atoms with E-state index < -0.39 is 5.92 Å². The fourth-order valence-electron chi connectivity index (χ4n) is 2.29. The van der Waals surface area contributed by atoms with Crippen molar-refractivity contribution >= 4 is 5.97 Å². The molecule has 0 spiro atoms. The Morgan fingerprint density at radius 3 is 2.62 bits per heavy atom. The van der Waals surface area contributed by atoms with Crippen LogP contribution in [0.5, 0.6) is 0 Å². The van der Waals surface area contributed by atoms with Crippen LogP contribution in [0.3, 0.4) is 0 Å². The lowest BCUT2D eigenvalue weighted by Gasteiger charge is -2.14. The van der Waals surface area contributed by atoms with Crippen LogP contribution in [0, 0.1) is 0 Å². The molecule has 0 bridgehead atoms. The molecule has 0 fully saturated rings. The summed E-state index contributed by atoms with van der Waals surface area (Å²) in [6, 6.07) is 9.56. The van der Waals surface area contributed by atoms with Crippen molar-refractivity contribution < 1.29 is 9.53 Å². The van der Waals surface area contributed by atoms with Gasteiger partial charge in [-0.25, -0.2) is 4.98 Å². The van der Waals surface area contributed by atoms with E-state index in [2.05, 4.69) is 17.0 Å². The summed E-state index contributed by atoms with van der Waals surface area (Å²) in [5.41, 5.74) is 0.870. The molecule has 2 aromatic rings. The highest BCUT2D eigenvalue weighted by molar-refractivity contribution is 5.81. The van der Waals surface area contributed by atoms with Gasteiger partial charge in [0.05, 0.1) is 6.61 Å². The molecular formula is C16H21N3O2. The van der Waals surface area contributed by atoms with E-state index in [1.165, 1.54) is 0 Å². The number of carbonyl (C=O) groups excluding carboxylic acids is 1. The van der Waals surface area contributed by atoms with E-state index in [1.807, 2.05) is 37.4 Å². The maximum atomic E-state index is 12.4. The Balaban J connectivity index is 2.42. The molecule has 0 N–H and O–H groups in total. The largest absolute Gasteiger partial charge is 0.465 e. The Morgan fingerprint density at radius 1 is 1.29 bits per heavy atom. The first kappa shape index (κ1) is 15.2. The molecule has 1 atom stereocenters. The Bertz CT molecular complexity index is 593. The molecule has 5 nitrogen and oxygen atoms in total. The van der Waals surface area contributed by atoms with E-state index in [-0.39, 0.29) is 5.97 Å². The smallest absolute Gasteiger partial charge is 0.321 e. The van der Waals surface area contributed by atoms with Crippen LogP contribution < -0.4 is 0 Å². The SMILES string of the molecule is CCCc1nc(C(C(=O)OCC)c2ccccc2)n(C)n1. The molecule has 1 unspecified atom stereocenters. The third-order valence-corrected chi connectivity index (χ3v) is 3.23. The van der Waals surface area contributed by atoms with E-state index in [0.29, 0.717) is 12.4 Å². The van der Waals surface area contributed by atoms with Crippen molar-refractivity contribution in [2.24, 2.45) is 7.05 Å². The Hall–Kier alpha value is -2.17. The number of carbonyl (C=O) groups is 1. The summed E-state index contributed by atoms with van der Waals surface area (Å²) in [6.45, 7) is 4.23. The van der Waals surface area contributed by atoms with Crippen LogP contribution in [-0.4, -0.2) is 27.3 Å². The Kier molecular flexibility index (Phi) is 5.09. The molecule has 1 aromatic carbocycles. The van der Waals surface area contributed by atoms with Crippen molar-refractivity contribution in [3.8, 4) is 0 Å². The first-order valence-corrected chi connectivity index (χ1v) is 7.28. The molecule has 112 valence electrons. The molecule has 2 rings (SSSR count). The zero-order chi connectivity index (χ0) is 15.2. The van der Waals surface area contributed by atoms with Gasteiger partial charge >= 0.3 is 5.97 Å². The van der Waals surface area contributed by atoms with Crippen LogP contribution >= 0.6 is 0 Å². The third kappa shape index (κ3) is 3.48. The van der Waals surface area contributed by atoms with Gasteiger partial charge < -0.3 is 4.74 Å². The maximum absolute atomic E-state index is 12.4. The fourth-order valence-corrected chi connectivity index (χ4v) is 2.29. The van der Waals surface area contributed by atoms with Crippen molar-refractivity contribution in [2.75, 3.05) is 6.61 Å². The lowest BCUT2D eigenvalue weighted by atomic mass is 9.98. The minimum Gasteiger partial charge on any atom is -0.465 e. The van der Waals surface area contributed by atoms with Gasteiger partial charge in [0.15, 0.2) is 5.82 Å². The second-order valence-electron chi connectivity index (χ2n) is 4.86. The molecule has 0 saturated heterocycles. The molecule has 0 aliphatic heterocycles. The number of rotatable bonds is 6. The van der Waals surface area contributed by atoms with Gasteiger partial charge in [0.2, 0.25) is 0 Å². The minimum absolute atomic E-state index is 0.290. The Labute approximate surface area is 125 Å². The highest BCUT2D eigenvalue weighted by atomic mass is 16.5. The lowest BCUT2D eigenvalue weighted by Crippen LogP contribution is -2.20. The van der Waals surface area contributed by atoms with Crippen molar-refractivity contribution in [3.05, 3.63) is 47.5 Å². The number of hydrogen-bond acceptors (Lipinski definition) is 4. The summed E-state index contributed by atoms with van der Waals surface area (Å²) in [5.74, 6) is 0.569. The maximum Gasteiger partial charge on any atom is 0.321 e. The zero-order valence-corrected chi connectivity index (χ0v) is 12.7. The summed E-state index contributed by atoms with van der Waals surface area (Å²) in [7, 11) is 1.82. The normalized spacial score (nSPS) is 12.1. The van der Waals surface area contributed by atoms with Crippen LogP contribution in [-0.2, 0) is 23.0 Å². The predicted molar refractivity (Wildman–Crippen MR) is 79.9 cm³/mol. The Morgan fingerprint density at radius 2 is 2.00 bits per heavy atom. The number of aromatic nitrogens is 3. The second-order valence-corrected chi connectivity index (χ2v) is 4.86. The van der Waals surface area contributed by atoms with Crippen molar-refractivity contribution in [3.63, 3.8) is 0 Å². The molecular weight excluding hydrogens is 266 g/mol. The van der Waals surface area contributed by atoms with E-state index in [9.17, 15) is 4.79 Å². The van der Waals surface area contributed by atoms with Gasteiger partial charge in [-0.15, -0.1) is 0 Å². The number of benzene rings is 1. The first-order valence-electron chi connectivity index (χ1n) is 7.28. The molecule has 0 radical (unpaired) electrons. The van der Waals surface area contributed by atoms with Gasteiger partial charge in [-0.05, 0) is 18.9 Å². The molecule has 0 amide bonds. The highest BCUT2D eigenvalue weighted by Crippen LogP contribution is 2.24. The summed E-state index contributed by atoms with van der Waals surface area (Å²) in [4.78, 5) is 16.9. The summed E-state index contributed by atoms with van der Waals surface area (Å²) < 4.78 is 6.90. The quantitative estimate of drug-likeness (QED) is 0.766. The molecule has 1 heterocycles. The third-order valence-electron chi connectivity index (χ3n) is 3.23. The molecule has 0 aliphatic rings. The van der Waals surface area contributed by atoms with Crippen LogP contribution in [0.2, 0.25) is 0 Å². The number of nitrogens with zero attached hydrogens (tertiary/aromatic N) is 3. The van der Waals surface area contributed by atoms with Crippen LogP contribution in [0.15, 0.2) is 30.3 Å². The number of hydrogen-bond donors (Lipinski definition) is 0. The monoisotopic (exact) mass is 287 g/mol. The summed E-state index contributed by atoms with van der Waals surface area (Å²) >= 11 is 0. The van der Waals surface area contributed by atoms with E-state index >= 15 is 0 Å².